The fourth-order valence-electron chi connectivity index (χ4n) is 2.72. The van der Waals surface area contributed by atoms with Gasteiger partial charge in [0.2, 0.25) is 0 Å². The molecule has 3 aromatic carbocycles. The molecule has 0 saturated heterocycles. The Balaban J connectivity index is 2.05. The summed E-state index contributed by atoms with van der Waals surface area (Å²) in [5, 5.41) is 29.3. The van der Waals surface area contributed by atoms with Gasteiger partial charge in [0, 0.05) is 5.39 Å². The molecule has 0 aliphatic carbocycles. The third-order valence-electron chi connectivity index (χ3n) is 4.15. The van der Waals surface area contributed by atoms with Crippen LogP contribution in [0.25, 0.3) is 10.8 Å². The zero-order valence-corrected chi connectivity index (χ0v) is 15.3. The third-order valence-corrected chi connectivity index (χ3v) is 5.53. The van der Waals surface area contributed by atoms with Crippen LogP contribution in [-0.2, 0) is 10.0 Å². The summed E-state index contributed by atoms with van der Waals surface area (Å²) in [5.41, 5.74) is -0.273. The first-order chi connectivity index (χ1) is 13.1. The maximum absolute atomic E-state index is 12.7. The Morgan fingerprint density at radius 2 is 1.50 bits per heavy atom. The van der Waals surface area contributed by atoms with Crippen LogP contribution in [0.4, 0.5) is 5.69 Å². The van der Waals surface area contributed by atoms with Gasteiger partial charge in [-0.05, 0) is 54.3 Å². The fraction of sp³-hybridized carbons (Fsp3) is 0.0526. The van der Waals surface area contributed by atoms with Gasteiger partial charge in [-0.15, -0.1) is 0 Å². The highest BCUT2D eigenvalue weighted by Crippen LogP contribution is 2.30. The first kappa shape index (κ1) is 19.2. The number of aromatic hydroxyl groups is 1. The molecule has 0 saturated carbocycles. The van der Waals surface area contributed by atoms with Crippen molar-refractivity contribution in [2.75, 3.05) is 4.72 Å². The summed E-state index contributed by atoms with van der Waals surface area (Å²) in [5.74, 6) is -2.73. The van der Waals surface area contributed by atoms with E-state index in [1.807, 2.05) is 0 Å². The summed E-state index contributed by atoms with van der Waals surface area (Å²) in [6.45, 7) is 1.72. The minimum Gasteiger partial charge on any atom is -0.507 e. The summed E-state index contributed by atoms with van der Waals surface area (Å²) in [6, 6.07) is 10.4. The molecule has 8 nitrogen and oxygen atoms in total. The SMILES string of the molecule is Cc1ccc2cc(S(=O)(=O)Nc3cc(C(=O)O)cc(C(=O)O)c3)ccc2c1O. The molecule has 144 valence electrons. The van der Waals surface area contributed by atoms with Crippen molar-refractivity contribution in [2.24, 2.45) is 0 Å². The Bertz CT molecular complexity index is 1200. The molecule has 0 aromatic heterocycles. The maximum Gasteiger partial charge on any atom is 0.335 e. The van der Waals surface area contributed by atoms with Gasteiger partial charge >= 0.3 is 11.9 Å². The van der Waals surface area contributed by atoms with Gasteiger partial charge in [-0.25, -0.2) is 18.0 Å². The van der Waals surface area contributed by atoms with E-state index in [4.69, 9.17) is 10.2 Å². The first-order valence-electron chi connectivity index (χ1n) is 7.95. The lowest BCUT2D eigenvalue weighted by molar-refractivity contribution is 0.0696. The Morgan fingerprint density at radius 3 is 2.07 bits per heavy atom. The van der Waals surface area contributed by atoms with E-state index in [2.05, 4.69) is 4.72 Å². The highest BCUT2D eigenvalue weighted by atomic mass is 32.2. The quantitative estimate of drug-likeness (QED) is 0.515. The van der Waals surface area contributed by atoms with E-state index in [1.54, 1.807) is 19.1 Å². The van der Waals surface area contributed by atoms with Crippen LogP contribution in [0.15, 0.2) is 53.4 Å². The largest absolute Gasteiger partial charge is 0.507 e. The number of benzene rings is 3. The van der Waals surface area contributed by atoms with Crippen molar-refractivity contribution < 1.29 is 33.3 Å². The summed E-state index contributed by atoms with van der Waals surface area (Å²) >= 11 is 0. The molecule has 0 aliphatic rings. The van der Waals surface area contributed by atoms with Gasteiger partial charge in [-0.3, -0.25) is 4.72 Å². The number of carboxylic acids is 2. The van der Waals surface area contributed by atoms with Gasteiger partial charge < -0.3 is 15.3 Å². The van der Waals surface area contributed by atoms with Gasteiger partial charge in [0.05, 0.1) is 21.7 Å². The number of nitrogens with one attached hydrogen (secondary N) is 1. The minimum atomic E-state index is -4.13. The normalized spacial score (nSPS) is 11.3. The third kappa shape index (κ3) is 3.60. The van der Waals surface area contributed by atoms with E-state index in [-0.39, 0.29) is 27.5 Å². The van der Waals surface area contributed by atoms with Gasteiger partial charge in [-0.1, -0.05) is 12.1 Å². The second-order valence-electron chi connectivity index (χ2n) is 6.13. The van der Waals surface area contributed by atoms with E-state index < -0.39 is 22.0 Å². The maximum atomic E-state index is 12.7. The predicted molar refractivity (Wildman–Crippen MR) is 102 cm³/mol. The van der Waals surface area contributed by atoms with Crippen molar-refractivity contribution in [3.8, 4) is 5.75 Å². The van der Waals surface area contributed by atoms with Crippen molar-refractivity contribution in [3.05, 3.63) is 65.2 Å². The summed E-state index contributed by atoms with van der Waals surface area (Å²) in [6.07, 6.45) is 0. The monoisotopic (exact) mass is 401 g/mol. The molecule has 0 fully saturated rings. The second kappa shape index (κ2) is 6.86. The number of aryl methyl sites for hydroxylation is 1. The van der Waals surface area contributed by atoms with E-state index in [0.717, 1.165) is 18.2 Å². The van der Waals surface area contributed by atoms with Crippen LogP contribution in [-0.4, -0.2) is 35.7 Å². The van der Waals surface area contributed by atoms with E-state index in [0.29, 0.717) is 16.3 Å². The van der Waals surface area contributed by atoms with Crippen molar-refractivity contribution >= 4 is 38.4 Å². The number of carbonyl (C=O) groups is 2. The molecule has 28 heavy (non-hydrogen) atoms. The Morgan fingerprint density at radius 1 is 0.893 bits per heavy atom. The highest BCUT2D eigenvalue weighted by Gasteiger charge is 2.18. The molecule has 4 N–H and O–H groups in total. The molecule has 3 aromatic rings. The molecule has 9 heteroatoms. The zero-order chi connectivity index (χ0) is 20.6. The number of rotatable bonds is 5. The van der Waals surface area contributed by atoms with Crippen molar-refractivity contribution in [2.45, 2.75) is 11.8 Å². The Hall–Kier alpha value is -3.59. The van der Waals surface area contributed by atoms with Gasteiger partial charge in [-0.2, -0.15) is 0 Å². The number of hydrogen-bond acceptors (Lipinski definition) is 5. The Kier molecular flexibility index (Phi) is 4.70. The molecule has 0 spiro atoms. The number of phenols is 1. The van der Waals surface area contributed by atoms with Crippen LogP contribution in [0.3, 0.4) is 0 Å². The molecule has 0 bridgehead atoms. The van der Waals surface area contributed by atoms with Crippen LogP contribution < -0.4 is 4.72 Å². The fourth-order valence-corrected chi connectivity index (χ4v) is 3.79. The zero-order valence-electron chi connectivity index (χ0n) is 14.5. The van der Waals surface area contributed by atoms with Gasteiger partial charge in [0.1, 0.15) is 5.75 Å². The first-order valence-corrected chi connectivity index (χ1v) is 9.43. The summed E-state index contributed by atoms with van der Waals surface area (Å²) < 4.78 is 27.6. The van der Waals surface area contributed by atoms with Crippen molar-refractivity contribution in [1.29, 1.82) is 0 Å². The number of anilines is 1. The van der Waals surface area contributed by atoms with Crippen molar-refractivity contribution in [1.82, 2.24) is 0 Å². The minimum absolute atomic E-state index is 0.0506. The topological polar surface area (TPSA) is 141 Å². The van der Waals surface area contributed by atoms with Gasteiger partial charge in [0.15, 0.2) is 0 Å². The van der Waals surface area contributed by atoms with Gasteiger partial charge in [0.25, 0.3) is 10.0 Å². The van der Waals surface area contributed by atoms with Crippen LogP contribution in [0.2, 0.25) is 0 Å². The number of phenolic OH excluding ortho intramolecular Hbond substituents is 1. The molecule has 0 amide bonds. The predicted octanol–water partition coefficient (Wildman–Crippen LogP) is 3.05. The number of aromatic carboxylic acids is 2. The molecule has 0 aliphatic heterocycles. The average molecular weight is 401 g/mol. The lowest BCUT2D eigenvalue weighted by atomic mass is 10.1. The molecule has 0 atom stereocenters. The molecular formula is C19H15NO7S. The second-order valence-corrected chi connectivity index (χ2v) is 7.81. The molecule has 3 rings (SSSR count). The lowest BCUT2D eigenvalue weighted by Crippen LogP contribution is -2.14. The van der Waals surface area contributed by atoms with E-state index >= 15 is 0 Å². The highest BCUT2D eigenvalue weighted by molar-refractivity contribution is 7.92. The molecular weight excluding hydrogens is 386 g/mol. The average Bonchev–Trinajstić information content (AvgIpc) is 2.63. The Labute approximate surface area is 159 Å². The summed E-state index contributed by atoms with van der Waals surface area (Å²) in [4.78, 5) is 22.2. The molecule has 0 heterocycles. The van der Waals surface area contributed by atoms with Crippen LogP contribution >= 0.6 is 0 Å². The standard InChI is InChI=1S/C19H15NO7S/c1-10-2-3-11-9-15(4-5-16(11)17(10)21)28(26,27)20-14-7-12(18(22)23)6-13(8-14)19(24)25/h2-9,20-21H,1H3,(H,22,23)(H,24,25). The number of sulfonamides is 1. The van der Waals surface area contributed by atoms with Crippen LogP contribution in [0, 0.1) is 6.92 Å². The molecule has 0 radical (unpaired) electrons. The lowest BCUT2D eigenvalue weighted by Gasteiger charge is -2.11. The smallest absolute Gasteiger partial charge is 0.335 e. The van der Waals surface area contributed by atoms with E-state index in [1.165, 1.54) is 18.2 Å². The number of fused-ring (bicyclic) bond motifs is 1. The number of hydrogen-bond donors (Lipinski definition) is 4. The van der Waals surface area contributed by atoms with Crippen LogP contribution in [0.5, 0.6) is 5.75 Å². The number of carboxylic acid groups (broad SMARTS) is 2. The molecule has 0 unspecified atom stereocenters. The van der Waals surface area contributed by atoms with E-state index in [9.17, 15) is 23.1 Å². The van der Waals surface area contributed by atoms with Crippen LogP contribution in [0.1, 0.15) is 26.3 Å². The summed E-state index contributed by atoms with van der Waals surface area (Å²) in [7, 11) is -4.13. The van der Waals surface area contributed by atoms with Crippen molar-refractivity contribution in [3.63, 3.8) is 0 Å².